The molecule has 0 aromatic carbocycles. The van der Waals surface area contributed by atoms with E-state index < -0.39 is 5.97 Å². The Morgan fingerprint density at radius 1 is 1.44 bits per heavy atom. The fraction of sp³-hybridized carbons (Fsp3) is 0.600. The second kappa shape index (κ2) is 6.53. The minimum atomic E-state index is -0.604. The van der Waals surface area contributed by atoms with Gasteiger partial charge in [-0.25, -0.2) is 0 Å². The van der Waals surface area contributed by atoms with Crippen LogP contribution in [0.3, 0.4) is 0 Å². The highest BCUT2D eigenvalue weighted by Gasteiger charge is 2.29. The molecule has 1 heterocycles. The van der Waals surface area contributed by atoms with E-state index in [4.69, 9.17) is 0 Å². The van der Waals surface area contributed by atoms with Gasteiger partial charge in [-0.2, -0.15) is 0 Å². The quantitative estimate of drug-likeness (QED) is 0.839. The van der Waals surface area contributed by atoms with Gasteiger partial charge in [-0.15, -0.1) is 0 Å². The molecule has 3 nitrogen and oxygen atoms in total. The van der Waals surface area contributed by atoms with Gasteiger partial charge in [-0.3, -0.25) is 9.78 Å². The highest BCUT2D eigenvalue weighted by Crippen LogP contribution is 2.34. The van der Waals surface area contributed by atoms with Crippen LogP contribution in [0.15, 0.2) is 24.5 Å². The minimum absolute atomic E-state index is 0.135. The van der Waals surface area contributed by atoms with Crippen LogP contribution in [-0.4, -0.2) is 16.1 Å². The van der Waals surface area contributed by atoms with Crippen molar-refractivity contribution in [2.45, 2.75) is 44.9 Å². The van der Waals surface area contributed by atoms with Crippen LogP contribution in [0.4, 0.5) is 0 Å². The van der Waals surface area contributed by atoms with E-state index in [0.29, 0.717) is 5.92 Å². The number of carboxylic acid groups (broad SMARTS) is 1. The third kappa shape index (κ3) is 3.56. The maximum absolute atomic E-state index is 11.3. The molecule has 0 spiro atoms. The van der Waals surface area contributed by atoms with Gasteiger partial charge in [-0.1, -0.05) is 18.9 Å². The Kier molecular flexibility index (Phi) is 4.73. The first-order valence-corrected chi connectivity index (χ1v) is 6.89. The van der Waals surface area contributed by atoms with Crippen molar-refractivity contribution in [3.8, 4) is 0 Å². The number of pyridine rings is 1. The number of aliphatic carboxylic acids is 1. The van der Waals surface area contributed by atoms with E-state index in [1.807, 2.05) is 12.3 Å². The van der Waals surface area contributed by atoms with Gasteiger partial charge >= 0.3 is 5.97 Å². The van der Waals surface area contributed by atoms with E-state index >= 15 is 0 Å². The Labute approximate surface area is 108 Å². The number of aryl methyl sites for hydroxylation is 1. The molecule has 0 bridgehead atoms. The number of aromatic nitrogens is 1. The summed E-state index contributed by atoms with van der Waals surface area (Å²) in [4.78, 5) is 15.4. The first kappa shape index (κ1) is 13.1. The molecule has 0 radical (unpaired) electrons. The maximum Gasteiger partial charge on any atom is 0.306 e. The van der Waals surface area contributed by atoms with E-state index in [2.05, 4.69) is 11.1 Å². The predicted octanol–water partition coefficient (Wildman–Crippen LogP) is 3.30. The van der Waals surface area contributed by atoms with E-state index in [9.17, 15) is 9.90 Å². The van der Waals surface area contributed by atoms with Crippen LogP contribution >= 0.6 is 0 Å². The standard InChI is InChI=1S/C15H21NO2/c17-15(18)14(13-7-1-2-8-13)9-3-5-12-6-4-10-16-11-12/h4,6,10-11,13-14H,1-3,5,7-9H2,(H,17,18). The van der Waals surface area contributed by atoms with Crippen LogP contribution in [0.2, 0.25) is 0 Å². The Bertz CT molecular complexity index is 371. The van der Waals surface area contributed by atoms with Gasteiger partial charge in [0.25, 0.3) is 0 Å². The Morgan fingerprint density at radius 3 is 2.83 bits per heavy atom. The Balaban J connectivity index is 1.81. The van der Waals surface area contributed by atoms with Crippen LogP contribution < -0.4 is 0 Å². The SMILES string of the molecule is O=C(O)C(CCCc1cccnc1)C1CCCC1. The highest BCUT2D eigenvalue weighted by atomic mass is 16.4. The van der Waals surface area contributed by atoms with Gasteiger partial charge in [-0.05, 0) is 49.7 Å². The molecule has 98 valence electrons. The van der Waals surface area contributed by atoms with Crippen molar-refractivity contribution in [3.05, 3.63) is 30.1 Å². The van der Waals surface area contributed by atoms with Crippen LogP contribution in [0.25, 0.3) is 0 Å². The summed E-state index contributed by atoms with van der Waals surface area (Å²) >= 11 is 0. The topological polar surface area (TPSA) is 50.2 Å². The molecule has 0 aliphatic heterocycles. The molecule has 1 aromatic rings. The summed E-state index contributed by atoms with van der Waals surface area (Å²) in [6.07, 6.45) is 10.9. The number of carbonyl (C=O) groups is 1. The first-order valence-electron chi connectivity index (χ1n) is 6.89. The summed E-state index contributed by atoms with van der Waals surface area (Å²) in [6, 6.07) is 3.99. The fourth-order valence-corrected chi connectivity index (χ4v) is 2.99. The van der Waals surface area contributed by atoms with E-state index in [0.717, 1.165) is 32.1 Å². The first-order chi connectivity index (χ1) is 8.77. The molecule has 1 saturated carbocycles. The van der Waals surface area contributed by atoms with Gasteiger partial charge < -0.3 is 5.11 Å². The number of rotatable bonds is 6. The zero-order chi connectivity index (χ0) is 12.8. The molecular formula is C15H21NO2. The van der Waals surface area contributed by atoms with Crippen molar-refractivity contribution >= 4 is 5.97 Å². The van der Waals surface area contributed by atoms with E-state index in [1.165, 1.54) is 18.4 Å². The molecule has 3 heteroatoms. The summed E-state index contributed by atoms with van der Waals surface area (Å²) in [5, 5.41) is 9.32. The molecule has 1 aromatic heterocycles. The van der Waals surface area contributed by atoms with Gasteiger partial charge in [0, 0.05) is 12.4 Å². The van der Waals surface area contributed by atoms with Crippen molar-refractivity contribution in [1.29, 1.82) is 0 Å². The van der Waals surface area contributed by atoms with Crippen molar-refractivity contribution in [1.82, 2.24) is 4.98 Å². The molecule has 1 N–H and O–H groups in total. The molecule has 1 aliphatic rings. The lowest BCUT2D eigenvalue weighted by Gasteiger charge is -2.18. The van der Waals surface area contributed by atoms with Gasteiger partial charge in [0.05, 0.1) is 5.92 Å². The molecule has 1 fully saturated rings. The third-order valence-electron chi connectivity index (χ3n) is 3.99. The van der Waals surface area contributed by atoms with Gasteiger partial charge in [0.1, 0.15) is 0 Å². The lowest BCUT2D eigenvalue weighted by molar-refractivity contribution is -0.144. The summed E-state index contributed by atoms with van der Waals surface area (Å²) in [5.41, 5.74) is 1.20. The number of hydrogen-bond donors (Lipinski definition) is 1. The summed E-state index contributed by atoms with van der Waals surface area (Å²) in [7, 11) is 0. The van der Waals surface area contributed by atoms with Gasteiger partial charge in [0.2, 0.25) is 0 Å². The molecule has 0 saturated heterocycles. The van der Waals surface area contributed by atoms with Gasteiger partial charge in [0.15, 0.2) is 0 Å². The third-order valence-corrected chi connectivity index (χ3v) is 3.99. The van der Waals surface area contributed by atoms with E-state index in [1.54, 1.807) is 6.20 Å². The molecule has 0 amide bonds. The van der Waals surface area contributed by atoms with Crippen LogP contribution in [-0.2, 0) is 11.2 Å². The lowest BCUT2D eigenvalue weighted by atomic mass is 9.86. The highest BCUT2D eigenvalue weighted by molar-refractivity contribution is 5.70. The Hall–Kier alpha value is -1.38. The maximum atomic E-state index is 11.3. The summed E-state index contributed by atoms with van der Waals surface area (Å²) < 4.78 is 0. The number of nitrogens with zero attached hydrogens (tertiary/aromatic N) is 1. The van der Waals surface area contributed by atoms with Crippen LogP contribution in [0, 0.1) is 11.8 Å². The molecule has 1 aliphatic carbocycles. The van der Waals surface area contributed by atoms with Crippen molar-refractivity contribution < 1.29 is 9.90 Å². The zero-order valence-electron chi connectivity index (χ0n) is 10.7. The molecular weight excluding hydrogens is 226 g/mol. The molecule has 2 rings (SSSR count). The zero-order valence-corrected chi connectivity index (χ0v) is 10.7. The Morgan fingerprint density at radius 2 is 2.22 bits per heavy atom. The van der Waals surface area contributed by atoms with E-state index in [-0.39, 0.29) is 5.92 Å². The minimum Gasteiger partial charge on any atom is -0.481 e. The van der Waals surface area contributed by atoms with Crippen molar-refractivity contribution in [2.75, 3.05) is 0 Å². The van der Waals surface area contributed by atoms with Crippen molar-refractivity contribution in [3.63, 3.8) is 0 Å². The number of hydrogen-bond acceptors (Lipinski definition) is 2. The average molecular weight is 247 g/mol. The second-order valence-corrected chi connectivity index (χ2v) is 5.24. The molecule has 1 atom stereocenters. The largest absolute Gasteiger partial charge is 0.481 e. The monoisotopic (exact) mass is 247 g/mol. The van der Waals surface area contributed by atoms with Crippen molar-refractivity contribution in [2.24, 2.45) is 11.8 Å². The summed E-state index contributed by atoms with van der Waals surface area (Å²) in [6.45, 7) is 0. The van der Waals surface area contributed by atoms with Crippen LogP contribution in [0.1, 0.15) is 44.1 Å². The molecule has 18 heavy (non-hydrogen) atoms. The lowest BCUT2D eigenvalue weighted by Crippen LogP contribution is -2.21. The average Bonchev–Trinajstić information content (AvgIpc) is 2.89. The van der Waals surface area contributed by atoms with Crippen LogP contribution in [0.5, 0.6) is 0 Å². The second-order valence-electron chi connectivity index (χ2n) is 5.24. The molecule has 1 unspecified atom stereocenters. The summed E-state index contributed by atoms with van der Waals surface area (Å²) in [5.74, 6) is -0.325. The smallest absolute Gasteiger partial charge is 0.306 e. The normalized spacial score (nSPS) is 17.8. The predicted molar refractivity (Wildman–Crippen MR) is 70.3 cm³/mol. The fourth-order valence-electron chi connectivity index (χ4n) is 2.99. The number of carboxylic acids is 1.